The lowest BCUT2D eigenvalue weighted by Crippen LogP contribution is -2.73. The molecule has 27 heavy (non-hydrogen) atoms. The van der Waals surface area contributed by atoms with Crippen molar-refractivity contribution in [3.05, 3.63) is 28.8 Å². The van der Waals surface area contributed by atoms with Gasteiger partial charge in [-0.3, -0.25) is 19.4 Å². The summed E-state index contributed by atoms with van der Waals surface area (Å²) in [5.41, 5.74) is 0.645. The van der Waals surface area contributed by atoms with Gasteiger partial charge in [-0.1, -0.05) is 31.5 Å². The maximum Gasteiger partial charge on any atom is 0.332 e. The Labute approximate surface area is 164 Å². The summed E-state index contributed by atoms with van der Waals surface area (Å²) in [6.45, 7) is 5.04. The van der Waals surface area contributed by atoms with E-state index in [1.165, 1.54) is 14.1 Å². The number of fused-ring (bicyclic) bond motifs is 4. The van der Waals surface area contributed by atoms with Gasteiger partial charge >= 0.3 is 6.03 Å². The highest BCUT2D eigenvalue weighted by Gasteiger charge is 2.64. The Morgan fingerprint density at radius 1 is 1.07 bits per heavy atom. The smallest absolute Gasteiger partial charge is 0.332 e. The number of piperidine rings is 1. The molecule has 1 aromatic carbocycles. The van der Waals surface area contributed by atoms with E-state index in [1.807, 2.05) is 12.1 Å². The van der Waals surface area contributed by atoms with Crippen molar-refractivity contribution in [2.24, 2.45) is 17.3 Å². The van der Waals surface area contributed by atoms with E-state index in [9.17, 15) is 14.4 Å². The number of urea groups is 1. The van der Waals surface area contributed by atoms with Gasteiger partial charge in [-0.2, -0.15) is 0 Å². The monoisotopic (exact) mass is 389 g/mol. The van der Waals surface area contributed by atoms with Gasteiger partial charge in [0.25, 0.3) is 0 Å². The van der Waals surface area contributed by atoms with Crippen LogP contribution in [0.2, 0.25) is 5.02 Å². The fourth-order valence-electron chi connectivity index (χ4n) is 5.45. The summed E-state index contributed by atoms with van der Waals surface area (Å²) in [5, 5.41) is 0.639. The lowest BCUT2D eigenvalue weighted by molar-refractivity contribution is -0.161. The first-order valence-corrected chi connectivity index (χ1v) is 9.71. The highest BCUT2D eigenvalue weighted by Crippen LogP contribution is 2.51. The largest absolute Gasteiger partial charge is 0.366 e. The van der Waals surface area contributed by atoms with Gasteiger partial charge in [-0.25, -0.2) is 4.79 Å². The average Bonchev–Trinajstić information content (AvgIpc) is 2.63. The van der Waals surface area contributed by atoms with Crippen LogP contribution in [0.4, 0.5) is 10.5 Å². The molecule has 0 saturated carbocycles. The molecule has 0 aromatic heterocycles. The number of imide groups is 2. The van der Waals surface area contributed by atoms with E-state index >= 15 is 0 Å². The zero-order valence-corrected chi connectivity index (χ0v) is 16.8. The van der Waals surface area contributed by atoms with Crippen LogP contribution in [0.15, 0.2) is 18.2 Å². The fourth-order valence-corrected chi connectivity index (χ4v) is 5.61. The number of carbonyl (C=O) groups is 3. The Balaban J connectivity index is 1.95. The van der Waals surface area contributed by atoms with Gasteiger partial charge in [-0.15, -0.1) is 0 Å². The normalized spacial score (nSPS) is 29.9. The molecule has 0 aliphatic carbocycles. The quantitative estimate of drug-likeness (QED) is 0.640. The number of amides is 4. The first-order valence-electron chi connectivity index (χ1n) is 9.33. The van der Waals surface area contributed by atoms with Crippen LogP contribution in [-0.2, 0) is 16.0 Å². The van der Waals surface area contributed by atoms with Crippen LogP contribution in [0.3, 0.4) is 0 Å². The van der Waals surface area contributed by atoms with Gasteiger partial charge in [0.05, 0.1) is 6.04 Å². The lowest BCUT2D eigenvalue weighted by Gasteiger charge is -2.57. The van der Waals surface area contributed by atoms with E-state index in [2.05, 4.69) is 18.7 Å². The third-order valence-electron chi connectivity index (χ3n) is 6.43. The molecule has 2 saturated heterocycles. The summed E-state index contributed by atoms with van der Waals surface area (Å²) < 4.78 is 0. The van der Waals surface area contributed by atoms with Crippen LogP contribution in [0.5, 0.6) is 0 Å². The van der Waals surface area contributed by atoms with Crippen molar-refractivity contribution >= 4 is 35.1 Å². The minimum Gasteiger partial charge on any atom is -0.366 e. The molecule has 2 fully saturated rings. The van der Waals surface area contributed by atoms with Crippen LogP contribution in [-0.4, -0.2) is 54.3 Å². The van der Waals surface area contributed by atoms with Crippen LogP contribution in [0.1, 0.15) is 25.8 Å². The van der Waals surface area contributed by atoms with Gasteiger partial charge in [0, 0.05) is 31.4 Å². The first-order chi connectivity index (χ1) is 12.7. The third-order valence-corrected chi connectivity index (χ3v) is 6.67. The molecule has 1 aromatic rings. The van der Waals surface area contributed by atoms with E-state index in [4.69, 9.17) is 11.6 Å². The Morgan fingerprint density at radius 2 is 1.70 bits per heavy atom. The second-order valence-electron chi connectivity index (χ2n) is 8.35. The molecule has 4 amide bonds. The standard InChI is InChI=1S/C20H24ClN3O3/c1-11-7-12(2)16-20(17(25)22(3)19(27)23(4)18(20)26)9-13-5-6-14(21)8-15(13)24(16)10-11/h5-6,8,11-12,16H,7,9-10H2,1-4H3/t11-,12-,16+/m0/s1. The number of barbiturate groups is 1. The predicted molar refractivity (Wildman–Crippen MR) is 103 cm³/mol. The Bertz CT molecular complexity index is 831. The maximum absolute atomic E-state index is 13.4. The van der Waals surface area contributed by atoms with Crippen molar-refractivity contribution in [2.45, 2.75) is 32.7 Å². The average molecular weight is 390 g/mol. The fraction of sp³-hybridized carbons (Fsp3) is 0.550. The molecule has 1 spiro atoms. The topological polar surface area (TPSA) is 60.9 Å². The Kier molecular flexibility index (Phi) is 4.04. The minimum absolute atomic E-state index is 0.129. The second-order valence-corrected chi connectivity index (χ2v) is 8.78. The molecule has 7 heteroatoms. The molecule has 0 N–H and O–H groups in total. The molecule has 3 aliphatic heterocycles. The highest BCUT2D eigenvalue weighted by atomic mass is 35.5. The van der Waals surface area contributed by atoms with Gasteiger partial charge < -0.3 is 4.90 Å². The summed E-state index contributed by atoms with van der Waals surface area (Å²) in [4.78, 5) is 43.6. The number of hydrogen-bond donors (Lipinski definition) is 0. The molecule has 0 radical (unpaired) electrons. The van der Waals surface area contributed by atoms with Crippen LogP contribution in [0, 0.1) is 17.3 Å². The van der Waals surface area contributed by atoms with Crippen molar-refractivity contribution in [3.63, 3.8) is 0 Å². The van der Waals surface area contributed by atoms with Crippen molar-refractivity contribution in [2.75, 3.05) is 25.5 Å². The van der Waals surface area contributed by atoms with E-state index in [1.54, 1.807) is 6.07 Å². The summed E-state index contributed by atoms with van der Waals surface area (Å²) >= 11 is 6.26. The molecular weight excluding hydrogens is 366 g/mol. The third kappa shape index (κ3) is 2.35. The van der Waals surface area contributed by atoms with E-state index in [-0.39, 0.29) is 12.0 Å². The minimum atomic E-state index is -1.28. The maximum atomic E-state index is 13.4. The summed E-state index contributed by atoms with van der Waals surface area (Å²) in [7, 11) is 2.93. The summed E-state index contributed by atoms with van der Waals surface area (Å²) in [6.07, 6.45) is 1.22. The SMILES string of the molecule is C[C@H]1C[C@H](C)[C@H]2N(C1)c1cc(Cl)ccc1CC21C(=O)N(C)C(=O)N(C)C1=O. The Hall–Kier alpha value is -2.08. The lowest BCUT2D eigenvalue weighted by atomic mass is 9.62. The van der Waals surface area contributed by atoms with Crippen molar-refractivity contribution in [3.8, 4) is 0 Å². The molecule has 144 valence electrons. The van der Waals surface area contributed by atoms with Crippen LogP contribution < -0.4 is 4.90 Å². The number of rotatable bonds is 0. The van der Waals surface area contributed by atoms with Gasteiger partial charge in [-0.05, 0) is 42.4 Å². The van der Waals surface area contributed by atoms with Crippen molar-refractivity contribution < 1.29 is 14.4 Å². The van der Waals surface area contributed by atoms with Gasteiger partial charge in [0.1, 0.15) is 0 Å². The molecule has 0 bridgehead atoms. The molecule has 0 unspecified atom stereocenters. The Morgan fingerprint density at radius 3 is 2.33 bits per heavy atom. The number of anilines is 1. The van der Waals surface area contributed by atoms with Crippen LogP contribution in [0.25, 0.3) is 0 Å². The zero-order chi connectivity index (χ0) is 19.7. The first kappa shape index (κ1) is 18.3. The number of halogens is 1. The number of carbonyl (C=O) groups excluding carboxylic acids is 3. The number of hydrogen-bond acceptors (Lipinski definition) is 4. The molecule has 4 rings (SSSR count). The van der Waals surface area contributed by atoms with Crippen LogP contribution >= 0.6 is 11.6 Å². The zero-order valence-electron chi connectivity index (χ0n) is 16.0. The summed E-state index contributed by atoms with van der Waals surface area (Å²) in [5.74, 6) is -0.229. The van der Waals surface area contributed by atoms with Crippen molar-refractivity contribution in [1.82, 2.24) is 9.80 Å². The second kappa shape index (κ2) is 5.96. The van der Waals surface area contributed by atoms with Gasteiger partial charge in [0.2, 0.25) is 11.8 Å². The van der Waals surface area contributed by atoms with Gasteiger partial charge in [0.15, 0.2) is 5.41 Å². The highest BCUT2D eigenvalue weighted by molar-refractivity contribution is 6.31. The van der Waals surface area contributed by atoms with Crippen molar-refractivity contribution in [1.29, 1.82) is 0 Å². The molecule has 6 nitrogen and oxygen atoms in total. The summed E-state index contributed by atoms with van der Waals surface area (Å²) in [6, 6.07) is 4.76. The number of nitrogens with zero attached hydrogens (tertiary/aromatic N) is 3. The predicted octanol–water partition coefficient (Wildman–Crippen LogP) is 2.78. The van der Waals surface area contributed by atoms with E-state index in [0.717, 1.165) is 34.0 Å². The van der Waals surface area contributed by atoms with E-state index in [0.29, 0.717) is 17.4 Å². The molecule has 3 atom stereocenters. The molecule has 3 aliphatic rings. The molecule has 3 heterocycles. The number of benzene rings is 1. The molecular formula is C20H24ClN3O3. The van der Waals surface area contributed by atoms with E-state index < -0.39 is 23.3 Å².